The zero-order valence-electron chi connectivity index (χ0n) is 13.9. The maximum absolute atomic E-state index is 13.2. The van der Waals surface area contributed by atoms with Crippen molar-refractivity contribution in [1.82, 2.24) is 15.3 Å². The van der Waals surface area contributed by atoms with Crippen molar-refractivity contribution >= 4 is 23.2 Å². The Labute approximate surface area is 164 Å². The fourth-order valence-electron chi connectivity index (χ4n) is 2.07. The lowest BCUT2D eigenvalue weighted by atomic mass is 10.2. The van der Waals surface area contributed by atoms with Crippen molar-refractivity contribution in [2.24, 2.45) is 0 Å². The highest BCUT2D eigenvalue weighted by molar-refractivity contribution is 6.32. The van der Waals surface area contributed by atoms with Crippen LogP contribution in [0.15, 0.2) is 42.7 Å². The molecule has 0 spiro atoms. The van der Waals surface area contributed by atoms with E-state index in [4.69, 9.17) is 16.3 Å². The van der Waals surface area contributed by atoms with Gasteiger partial charge in [0.2, 0.25) is 6.20 Å². The summed E-state index contributed by atoms with van der Waals surface area (Å²) in [4.78, 5) is 12.6. The molecule has 2 aromatic heterocycles. The first kappa shape index (κ1) is 20.2. The molecule has 3 rings (SSSR count). The predicted molar refractivity (Wildman–Crippen MR) is 89.7 cm³/mol. The number of nitrogens with zero attached hydrogens (tertiary/aromatic N) is 4. The quantitative estimate of drug-likeness (QED) is 0.387. The molecule has 0 radical (unpaired) electrons. The Morgan fingerprint density at radius 1 is 1.21 bits per heavy atom. The standard InChI is InChI=1S/C16H8ClF4N5O3/c17-11-5-8(18)1-2-12(11)29-15-10(6-13(24-25-15)16(19,20)21)14(27)23-9-3-4-22-26(28)7-9/h1-7H,(H,23,27). The predicted octanol–water partition coefficient (Wildman–Crippen LogP) is 3.36. The van der Waals surface area contributed by atoms with Crippen molar-refractivity contribution in [3.63, 3.8) is 0 Å². The third kappa shape index (κ3) is 4.85. The molecule has 150 valence electrons. The Morgan fingerprint density at radius 3 is 2.62 bits per heavy atom. The number of benzene rings is 1. The average molecular weight is 430 g/mol. The molecule has 0 unspecified atom stereocenters. The van der Waals surface area contributed by atoms with Crippen molar-refractivity contribution in [2.45, 2.75) is 6.18 Å². The molecule has 1 N–H and O–H groups in total. The number of anilines is 1. The van der Waals surface area contributed by atoms with E-state index in [1.165, 1.54) is 6.07 Å². The molecule has 0 saturated carbocycles. The average Bonchev–Trinajstić information content (AvgIpc) is 2.63. The Bertz CT molecular complexity index is 1080. The highest BCUT2D eigenvalue weighted by Gasteiger charge is 2.35. The van der Waals surface area contributed by atoms with E-state index in [0.717, 1.165) is 30.6 Å². The minimum atomic E-state index is -4.89. The van der Waals surface area contributed by atoms with Crippen molar-refractivity contribution in [3.8, 4) is 11.6 Å². The highest BCUT2D eigenvalue weighted by atomic mass is 35.5. The van der Waals surface area contributed by atoms with Crippen LogP contribution in [0.1, 0.15) is 16.1 Å². The van der Waals surface area contributed by atoms with Crippen LogP contribution in [0.2, 0.25) is 5.02 Å². The molecule has 0 saturated heterocycles. The lowest BCUT2D eigenvalue weighted by Crippen LogP contribution is -2.30. The second-order valence-electron chi connectivity index (χ2n) is 5.40. The Morgan fingerprint density at radius 2 is 1.97 bits per heavy atom. The molecule has 13 heteroatoms. The van der Waals surface area contributed by atoms with Gasteiger partial charge in [0, 0.05) is 5.10 Å². The van der Waals surface area contributed by atoms with E-state index in [2.05, 4.69) is 20.6 Å². The van der Waals surface area contributed by atoms with Crippen LogP contribution in [0.3, 0.4) is 0 Å². The summed E-state index contributed by atoms with van der Waals surface area (Å²) in [5.74, 6) is -2.54. The van der Waals surface area contributed by atoms with Gasteiger partial charge >= 0.3 is 6.18 Å². The zero-order valence-corrected chi connectivity index (χ0v) is 14.7. The Hall–Kier alpha value is -3.54. The first-order chi connectivity index (χ1) is 13.6. The summed E-state index contributed by atoms with van der Waals surface area (Å²) in [7, 11) is 0. The van der Waals surface area contributed by atoms with Crippen LogP contribution >= 0.6 is 11.6 Å². The lowest BCUT2D eigenvalue weighted by molar-refractivity contribution is -0.668. The lowest BCUT2D eigenvalue weighted by Gasteiger charge is -2.13. The molecule has 2 heterocycles. The topological polar surface area (TPSA) is 104 Å². The molecular weight excluding hydrogens is 422 g/mol. The first-order valence-electron chi connectivity index (χ1n) is 7.58. The summed E-state index contributed by atoms with van der Waals surface area (Å²) in [6.07, 6.45) is -2.93. The third-order valence-corrected chi connectivity index (χ3v) is 3.63. The number of carbonyl (C=O) groups excluding carboxylic acids is 1. The number of hydrogen-bond donors (Lipinski definition) is 1. The maximum atomic E-state index is 13.2. The van der Waals surface area contributed by atoms with Crippen molar-refractivity contribution in [3.05, 3.63) is 70.0 Å². The minimum absolute atomic E-state index is 0.0452. The fraction of sp³-hybridized carbons (Fsp3) is 0.0625. The number of aromatic nitrogens is 4. The van der Waals surface area contributed by atoms with Crippen molar-refractivity contribution < 1.29 is 31.9 Å². The van der Waals surface area contributed by atoms with E-state index in [-0.39, 0.29) is 21.3 Å². The molecule has 8 nitrogen and oxygen atoms in total. The summed E-state index contributed by atoms with van der Waals surface area (Å²) in [6.45, 7) is 0. The second kappa shape index (κ2) is 7.83. The maximum Gasteiger partial charge on any atom is 0.435 e. The molecule has 1 aromatic carbocycles. The molecule has 0 bridgehead atoms. The van der Waals surface area contributed by atoms with Gasteiger partial charge in [-0.1, -0.05) is 16.4 Å². The van der Waals surface area contributed by atoms with Gasteiger partial charge in [0.15, 0.2) is 5.69 Å². The van der Waals surface area contributed by atoms with Gasteiger partial charge in [-0.15, -0.1) is 10.2 Å². The molecule has 1 amide bonds. The molecule has 0 fully saturated rings. The van der Waals surface area contributed by atoms with Crippen LogP contribution in [0.4, 0.5) is 23.2 Å². The van der Waals surface area contributed by atoms with Crippen LogP contribution in [-0.4, -0.2) is 21.2 Å². The largest absolute Gasteiger partial charge is 0.594 e. The number of carbonyl (C=O) groups is 1. The summed E-state index contributed by atoms with van der Waals surface area (Å²) in [6, 6.07) is 4.65. The van der Waals surface area contributed by atoms with E-state index in [0.29, 0.717) is 6.07 Å². The molecule has 0 aliphatic rings. The highest BCUT2D eigenvalue weighted by Crippen LogP contribution is 2.33. The zero-order chi connectivity index (χ0) is 21.2. The smallest absolute Gasteiger partial charge is 0.435 e. The van der Waals surface area contributed by atoms with E-state index >= 15 is 0 Å². The van der Waals surface area contributed by atoms with Crippen LogP contribution in [0, 0.1) is 11.0 Å². The number of halogens is 5. The number of ether oxygens (including phenoxy) is 1. The number of hydrogen-bond acceptors (Lipinski definition) is 6. The van der Waals surface area contributed by atoms with Crippen molar-refractivity contribution in [1.29, 1.82) is 0 Å². The Balaban J connectivity index is 2.00. The summed E-state index contributed by atoms with van der Waals surface area (Å²) >= 11 is 5.82. The fourth-order valence-corrected chi connectivity index (χ4v) is 2.27. The second-order valence-corrected chi connectivity index (χ2v) is 5.80. The molecule has 29 heavy (non-hydrogen) atoms. The van der Waals surface area contributed by atoms with E-state index in [1.807, 2.05) is 0 Å². The number of nitrogens with one attached hydrogen (secondary N) is 1. The minimum Gasteiger partial charge on any atom is -0.594 e. The summed E-state index contributed by atoms with van der Waals surface area (Å²) in [5.41, 5.74) is -2.15. The molecule has 0 aliphatic heterocycles. The molecule has 0 atom stereocenters. The van der Waals surface area contributed by atoms with E-state index in [1.54, 1.807) is 0 Å². The van der Waals surface area contributed by atoms with Gasteiger partial charge in [0.05, 0.1) is 11.2 Å². The van der Waals surface area contributed by atoms with Gasteiger partial charge in [0.1, 0.15) is 22.8 Å². The van der Waals surface area contributed by atoms with Crippen LogP contribution in [-0.2, 0) is 6.18 Å². The molecule has 3 aromatic rings. The van der Waals surface area contributed by atoms with Crippen LogP contribution < -0.4 is 14.9 Å². The van der Waals surface area contributed by atoms with Gasteiger partial charge in [-0.25, -0.2) is 4.39 Å². The molecular formula is C16H8ClF4N5O3. The number of amides is 1. The number of rotatable bonds is 4. The Kier molecular flexibility index (Phi) is 5.46. The van der Waals surface area contributed by atoms with Gasteiger partial charge < -0.3 is 15.3 Å². The van der Waals surface area contributed by atoms with Crippen LogP contribution in [0.25, 0.3) is 0 Å². The summed E-state index contributed by atoms with van der Waals surface area (Å²) < 4.78 is 57.4. The summed E-state index contributed by atoms with van der Waals surface area (Å²) in [5, 5.41) is 22.8. The van der Waals surface area contributed by atoms with Gasteiger partial charge in [-0.05, 0) is 30.3 Å². The van der Waals surface area contributed by atoms with Crippen molar-refractivity contribution in [2.75, 3.05) is 5.32 Å². The monoisotopic (exact) mass is 429 g/mol. The number of alkyl halides is 3. The van der Waals surface area contributed by atoms with Gasteiger partial charge in [-0.3, -0.25) is 4.79 Å². The SMILES string of the molecule is O=C(Nc1ccn[n+]([O-])c1)c1cc(C(F)(F)F)nnc1Oc1ccc(F)cc1Cl. The first-order valence-corrected chi connectivity index (χ1v) is 7.96. The van der Waals surface area contributed by atoms with Gasteiger partial charge in [-0.2, -0.15) is 13.2 Å². The normalized spacial score (nSPS) is 11.2. The van der Waals surface area contributed by atoms with E-state index in [9.17, 15) is 27.6 Å². The molecule has 0 aliphatic carbocycles. The van der Waals surface area contributed by atoms with E-state index < -0.39 is 35.0 Å². The van der Waals surface area contributed by atoms with Gasteiger partial charge in [0.25, 0.3) is 11.8 Å². The van der Waals surface area contributed by atoms with Crippen LogP contribution in [0.5, 0.6) is 11.6 Å². The third-order valence-electron chi connectivity index (χ3n) is 3.34.